The van der Waals surface area contributed by atoms with Gasteiger partial charge in [-0.15, -0.1) is 12.4 Å². The van der Waals surface area contributed by atoms with Gasteiger partial charge in [0.05, 0.1) is 4.90 Å². The number of hydrogen-bond acceptors (Lipinski definition) is 3. The zero-order valence-electron chi connectivity index (χ0n) is 10.6. The fraction of sp³-hybridized carbons (Fsp3) is 0.455. The Hall–Kier alpha value is -0.330. The molecule has 0 saturated heterocycles. The largest absolute Gasteiger partial charge is 0.329 e. The molecule has 1 unspecified atom stereocenters. The van der Waals surface area contributed by atoms with Gasteiger partial charge in [-0.3, -0.25) is 0 Å². The molecule has 2 N–H and O–H groups in total. The van der Waals surface area contributed by atoms with Gasteiger partial charge in [0.15, 0.2) is 0 Å². The van der Waals surface area contributed by atoms with Crippen LogP contribution in [0.5, 0.6) is 0 Å². The molecule has 18 heavy (non-hydrogen) atoms. The van der Waals surface area contributed by atoms with E-state index in [1.807, 2.05) is 0 Å². The van der Waals surface area contributed by atoms with E-state index in [-0.39, 0.29) is 29.9 Å². The third-order valence-electron chi connectivity index (χ3n) is 2.77. The van der Waals surface area contributed by atoms with Crippen LogP contribution in [0.25, 0.3) is 0 Å². The van der Waals surface area contributed by atoms with E-state index in [0.29, 0.717) is 10.6 Å². The maximum atomic E-state index is 12.3. The molecule has 0 fully saturated rings. The molecule has 0 spiro atoms. The molecule has 1 atom stereocenters. The van der Waals surface area contributed by atoms with E-state index in [1.165, 1.54) is 17.4 Å². The fourth-order valence-electron chi connectivity index (χ4n) is 1.39. The molecule has 0 aromatic heterocycles. The summed E-state index contributed by atoms with van der Waals surface area (Å²) in [5.74, 6) is 0. The first kappa shape index (κ1) is 17.7. The van der Waals surface area contributed by atoms with Crippen molar-refractivity contribution < 1.29 is 8.42 Å². The summed E-state index contributed by atoms with van der Waals surface area (Å²) in [4.78, 5) is 0.229. The number of hydrogen-bond donors (Lipinski definition) is 1. The van der Waals surface area contributed by atoms with E-state index in [9.17, 15) is 8.42 Å². The first-order valence-electron chi connectivity index (χ1n) is 5.25. The highest BCUT2D eigenvalue weighted by molar-refractivity contribution is 7.89. The number of sulfonamides is 1. The number of nitrogens with two attached hydrogens (primary N) is 1. The normalized spacial score (nSPS) is 13.2. The smallest absolute Gasteiger partial charge is 0.243 e. The molecule has 0 amide bonds. The van der Waals surface area contributed by atoms with Crippen LogP contribution in [0, 0.1) is 6.92 Å². The summed E-state index contributed by atoms with van der Waals surface area (Å²) in [7, 11) is -2.01. The van der Waals surface area contributed by atoms with Crippen LogP contribution in [0.3, 0.4) is 0 Å². The predicted octanol–water partition coefficient (Wildman–Crippen LogP) is 2.04. The van der Waals surface area contributed by atoms with Crippen molar-refractivity contribution in [2.45, 2.75) is 24.8 Å². The summed E-state index contributed by atoms with van der Waals surface area (Å²) < 4.78 is 25.9. The number of nitrogens with zero attached hydrogens (tertiary/aromatic N) is 1. The van der Waals surface area contributed by atoms with Crippen LogP contribution in [0.1, 0.15) is 12.5 Å². The Labute approximate surface area is 120 Å². The monoisotopic (exact) mass is 312 g/mol. The van der Waals surface area contributed by atoms with Crippen LogP contribution in [-0.2, 0) is 10.0 Å². The maximum absolute atomic E-state index is 12.3. The van der Waals surface area contributed by atoms with E-state index < -0.39 is 10.0 Å². The van der Waals surface area contributed by atoms with Gasteiger partial charge in [-0.1, -0.05) is 17.7 Å². The molecule has 0 aliphatic rings. The van der Waals surface area contributed by atoms with E-state index in [2.05, 4.69) is 0 Å². The molecule has 0 bridgehead atoms. The number of likely N-dealkylation sites (N-methyl/N-ethyl adjacent to an activating group) is 1. The topological polar surface area (TPSA) is 63.4 Å². The quantitative estimate of drug-likeness (QED) is 0.925. The summed E-state index contributed by atoms with van der Waals surface area (Å²) in [6.07, 6.45) is 0. The Bertz CT molecular complexity index is 506. The lowest BCUT2D eigenvalue weighted by atomic mass is 10.2. The van der Waals surface area contributed by atoms with Gasteiger partial charge in [0.1, 0.15) is 0 Å². The number of benzene rings is 1. The second-order valence-electron chi connectivity index (χ2n) is 4.02. The molecule has 7 heteroatoms. The Kier molecular flexibility index (Phi) is 6.60. The van der Waals surface area contributed by atoms with E-state index in [1.54, 1.807) is 26.0 Å². The van der Waals surface area contributed by atoms with E-state index >= 15 is 0 Å². The number of halogens is 2. The highest BCUT2D eigenvalue weighted by atomic mass is 35.5. The van der Waals surface area contributed by atoms with Gasteiger partial charge in [-0.25, -0.2) is 8.42 Å². The van der Waals surface area contributed by atoms with Gasteiger partial charge in [0, 0.05) is 24.7 Å². The van der Waals surface area contributed by atoms with Gasteiger partial charge >= 0.3 is 0 Å². The van der Waals surface area contributed by atoms with Crippen molar-refractivity contribution in [3.63, 3.8) is 0 Å². The molecule has 4 nitrogen and oxygen atoms in total. The van der Waals surface area contributed by atoms with Crippen molar-refractivity contribution >= 4 is 34.0 Å². The van der Waals surface area contributed by atoms with Gasteiger partial charge in [-0.05, 0) is 31.5 Å². The average Bonchev–Trinajstić information content (AvgIpc) is 2.30. The summed E-state index contributed by atoms with van der Waals surface area (Å²) in [6, 6.07) is 4.57. The number of aryl methyl sites for hydroxylation is 1. The molecule has 1 aromatic rings. The SMILES string of the molecule is Cc1ccc(Cl)cc1S(=O)(=O)N(C)C(C)CN.Cl. The maximum Gasteiger partial charge on any atom is 0.243 e. The summed E-state index contributed by atoms with van der Waals surface area (Å²) >= 11 is 5.83. The molecule has 0 heterocycles. The Morgan fingerprint density at radius 3 is 2.50 bits per heavy atom. The van der Waals surface area contributed by atoms with Crippen molar-refractivity contribution in [2.75, 3.05) is 13.6 Å². The Morgan fingerprint density at radius 2 is 2.00 bits per heavy atom. The van der Waals surface area contributed by atoms with E-state index in [4.69, 9.17) is 17.3 Å². The lowest BCUT2D eigenvalue weighted by Gasteiger charge is -2.23. The summed E-state index contributed by atoms with van der Waals surface area (Å²) in [5, 5.41) is 0.406. The lowest BCUT2D eigenvalue weighted by molar-refractivity contribution is 0.394. The van der Waals surface area contributed by atoms with Crippen LogP contribution < -0.4 is 5.73 Å². The molecule has 0 saturated carbocycles. The predicted molar refractivity (Wildman–Crippen MR) is 76.9 cm³/mol. The lowest BCUT2D eigenvalue weighted by Crippen LogP contribution is -2.39. The third kappa shape index (κ3) is 3.59. The molecular weight excluding hydrogens is 295 g/mol. The van der Waals surface area contributed by atoms with Crippen LogP contribution in [0.4, 0.5) is 0 Å². The first-order valence-corrected chi connectivity index (χ1v) is 7.06. The minimum Gasteiger partial charge on any atom is -0.329 e. The van der Waals surface area contributed by atoms with Crippen molar-refractivity contribution in [1.82, 2.24) is 4.31 Å². The minimum atomic E-state index is -3.53. The standard InChI is InChI=1S/C11H17ClN2O2S.ClH/c1-8-4-5-10(12)6-11(8)17(15,16)14(3)9(2)7-13;/h4-6,9H,7,13H2,1-3H3;1H. The molecule has 1 aromatic carbocycles. The highest BCUT2D eigenvalue weighted by Gasteiger charge is 2.26. The van der Waals surface area contributed by atoms with Crippen LogP contribution in [-0.4, -0.2) is 32.4 Å². The molecular formula is C11H18Cl2N2O2S. The van der Waals surface area contributed by atoms with Gasteiger partial charge in [-0.2, -0.15) is 4.31 Å². The fourth-order valence-corrected chi connectivity index (χ4v) is 3.25. The van der Waals surface area contributed by atoms with Gasteiger partial charge in [0.2, 0.25) is 10.0 Å². The van der Waals surface area contributed by atoms with Crippen molar-refractivity contribution in [3.05, 3.63) is 28.8 Å². The third-order valence-corrected chi connectivity index (χ3v) is 5.12. The molecule has 0 aliphatic carbocycles. The van der Waals surface area contributed by atoms with Crippen LogP contribution in [0.15, 0.2) is 23.1 Å². The molecule has 0 radical (unpaired) electrons. The number of rotatable bonds is 4. The Morgan fingerprint density at radius 1 is 1.44 bits per heavy atom. The summed E-state index contributed by atoms with van der Waals surface area (Å²) in [5.41, 5.74) is 6.16. The van der Waals surface area contributed by atoms with E-state index in [0.717, 1.165) is 0 Å². The molecule has 0 aliphatic heterocycles. The molecule has 1 rings (SSSR count). The van der Waals surface area contributed by atoms with Crippen molar-refractivity contribution in [1.29, 1.82) is 0 Å². The Balaban J connectivity index is 0.00000289. The summed E-state index contributed by atoms with van der Waals surface area (Å²) in [6.45, 7) is 3.77. The second-order valence-corrected chi connectivity index (χ2v) is 6.42. The highest BCUT2D eigenvalue weighted by Crippen LogP contribution is 2.23. The van der Waals surface area contributed by atoms with Crippen LogP contribution in [0.2, 0.25) is 5.02 Å². The van der Waals surface area contributed by atoms with Gasteiger partial charge in [0.25, 0.3) is 0 Å². The first-order chi connectivity index (χ1) is 7.80. The minimum absolute atomic E-state index is 0. The van der Waals surface area contributed by atoms with Crippen molar-refractivity contribution in [3.8, 4) is 0 Å². The zero-order valence-corrected chi connectivity index (χ0v) is 12.9. The van der Waals surface area contributed by atoms with Crippen molar-refractivity contribution in [2.24, 2.45) is 5.73 Å². The molecule has 104 valence electrons. The van der Waals surface area contributed by atoms with Crippen LogP contribution >= 0.6 is 24.0 Å². The zero-order chi connectivity index (χ0) is 13.2. The second kappa shape index (κ2) is 6.73. The van der Waals surface area contributed by atoms with Gasteiger partial charge < -0.3 is 5.73 Å². The average molecular weight is 313 g/mol.